The molecule has 31 heavy (non-hydrogen) atoms. The number of aromatic carboxylic acids is 1. The smallest absolute Gasteiger partial charge is 0.416 e. The van der Waals surface area contributed by atoms with Crippen LogP contribution in [-0.4, -0.2) is 29.7 Å². The second kappa shape index (κ2) is 9.16. The summed E-state index contributed by atoms with van der Waals surface area (Å²) in [6, 6.07) is 13.9. The summed E-state index contributed by atoms with van der Waals surface area (Å²) in [7, 11) is 0. The maximum Gasteiger partial charge on any atom is 0.416 e. The molecule has 0 aliphatic heterocycles. The third-order valence-corrected chi connectivity index (χ3v) is 4.07. The van der Waals surface area contributed by atoms with Crippen molar-refractivity contribution in [2.45, 2.75) is 6.18 Å². The van der Waals surface area contributed by atoms with E-state index in [1.807, 2.05) is 0 Å². The standard InChI is InChI=1S/C21H16F3N3O4/c22-21(23,24)15-2-1-3-16(10-15)25-12-19(28)27-26-11-17-8-9-18(31-17)13-4-6-14(7-5-13)20(29)30/h1-11,25H,12H2,(H,27,28)(H,29,30)/b26-11-. The number of alkyl halides is 3. The highest BCUT2D eigenvalue weighted by atomic mass is 19.4. The fraction of sp³-hybridized carbons (Fsp3) is 0.0952. The van der Waals surface area contributed by atoms with Crippen molar-refractivity contribution < 1.29 is 32.3 Å². The monoisotopic (exact) mass is 431 g/mol. The molecule has 0 atom stereocenters. The number of benzene rings is 2. The van der Waals surface area contributed by atoms with Crippen LogP contribution in [0.1, 0.15) is 21.7 Å². The number of anilines is 1. The lowest BCUT2D eigenvalue weighted by Crippen LogP contribution is -2.26. The molecule has 3 N–H and O–H groups in total. The summed E-state index contributed by atoms with van der Waals surface area (Å²) in [6.45, 7) is -0.280. The number of rotatable bonds is 7. The van der Waals surface area contributed by atoms with Gasteiger partial charge in [0.1, 0.15) is 11.5 Å². The Kier molecular flexibility index (Phi) is 6.39. The minimum absolute atomic E-state index is 0.151. The van der Waals surface area contributed by atoms with Crippen molar-refractivity contribution in [1.82, 2.24) is 5.43 Å². The molecular weight excluding hydrogens is 415 g/mol. The molecule has 1 heterocycles. The minimum atomic E-state index is -4.47. The largest absolute Gasteiger partial charge is 0.478 e. The molecule has 1 amide bonds. The summed E-state index contributed by atoms with van der Waals surface area (Å²) in [6.07, 6.45) is -3.21. The molecule has 7 nitrogen and oxygen atoms in total. The Balaban J connectivity index is 1.52. The van der Waals surface area contributed by atoms with Crippen molar-refractivity contribution in [3.05, 3.63) is 77.6 Å². The van der Waals surface area contributed by atoms with Crippen LogP contribution >= 0.6 is 0 Å². The molecule has 10 heteroatoms. The van der Waals surface area contributed by atoms with Crippen LogP contribution in [-0.2, 0) is 11.0 Å². The molecule has 0 fully saturated rings. The van der Waals surface area contributed by atoms with Gasteiger partial charge in [0.25, 0.3) is 5.91 Å². The SMILES string of the molecule is O=C(CNc1cccc(C(F)(F)F)c1)N/N=C\c1ccc(-c2ccc(C(=O)O)cc2)o1. The zero-order chi connectivity index (χ0) is 22.4. The van der Waals surface area contributed by atoms with Gasteiger partial charge in [-0.2, -0.15) is 18.3 Å². The van der Waals surface area contributed by atoms with Crippen LogP contribution < -0.4 is 10.7 Å². The van der Waals surface area contributed by atoms with Crippen LogP contribution in [0.5, 0.6) is 0 Å². The van der Waals surface area contributed by atoms with Gasteiger partial charge in [-0.1, -0.05) is 18.2 Å². The van der Waals surface area contributed by atoms with E-state index in [1.54, 1.807) is 24.3 Å². The lowest BCUT2D eigenvalue weighted by atomic mass is 10.1. The third-order valence-electron chi connectivity index (χ3n) is 4.07. The molecule has 160 valence electrons. The Morgan fingerprint density at radius 2 is 1.81 bits per heavy atom. The molecule has 0 bridgehead atoms. The highest BCUT2D eigenvalue weighted by molar-refractivity contribution is 5.88. The van der Waals surface area contributed by atoms with E-state index in [4.69, 9.17) is 9.52 Å². The van der Waals surface area contributed by atoms with Gasteiger partial charge < -0.3 is 14.8 Å². The Labute approximate surface area is 174 Å². The van der Waals surface area contributed by atoms with Gasteiger partial charge in [-0.15, -0.1) is 0 Å². The van der Waals surface area contributed by atoms with Crippen molar-refractivity contribution in [3.8, 4) is 11.3 Å². The predicted molar refractivity (Wildman–Crippen MR) is 107 cm³/mol. The first-order valence-electron chi connectivity index (χ1n) is 8.89. The minimum Gasteiger partial charge on any atom is -0.478 e. The van der Waals surface area contributed by atoms with Gasteiger partial charge in [0, 0.05) is 11.3 Å². The highest BCUT2D eigenvalue weighted by Crippen LogP contribution is 2.30. The van der Waals surface area contributed by atoms with Gasteiger partial charge >= 0.3 is 12.1 Å². The van der Waals surface area contributed by atoms with E-state index in [-0.39, 0.29) is 17.8 Å². The molecular formula is C21H16F3N3O4. The number of carboxylic acid groups (broad SMARTS) is 1. The number of hydrogen-bond donors (Lipinski definition) is 3. The van der Waals surface area contributed by atoms with E-state index < -0.39 is 23.6 Å². The quantitative estimate of drug-likeness (QED) is 0.384. The van der Waals surface area contributed by atoms with Crippen LogP contribution in [0.4, 0.5) is 18.9 Å². The third kappa shape index (κ3) is 5.95. The number of nitrogens with zero attached hydrogens (tertiary/aromatic N) is 1. The van der Waals surface area contributed by atoms with Crippen molar-refractivity contribution >= 4 is 23.8 Å². The second-order valence-corrected chi connectivity index (χ2v) is 6.31. The van der Waals surface area contributed by atoms with Crippen LogP contribution in [0.15, 0.2) is 70.2 Å². The van der Waals surface area contributed by atoms with Crippen molar-refractivity contribution in [3.63, 3.8) is 0 Å². The predicted octanol–water partition coefficient (Wildman–Crippen LogP) is 4.23. The lowest BCUT2D eigenvalue weighted by molar-refractivity contribution is -0.137. The Bertz CT molecular complexity index is 1110. The maximum absolute atomic E-state index is 12.7. The van der Waals surface area contributed by atoms with E-state index in [9.17, 15) is 22.8 Å². The average molecular weight is 431 g/mol. The van der Waals surface area contributed by atoms with Gasteiger partial charge in [0.15, 0.2) is 0 Å². The molecule has 0 saturated carbocycles. The molecule has 0 saturated heterocycles. The average Bonchev–Trinajstić information content (AvgIpc) is 3.21. The Hall–Kier alpha value is -4.08. The van der Waals surface area contributed by atoms with Gasteiger partial charge in [-0.3, -0.25) is 4.79 Å². The highest BCUT2D eigenvalue weighted by Gasteiger charge is 2.30. The van der Waals surface area contributed by atoms with Crippen LogP contribution in [0.2, 0.25) is 0 Å². The lowest BCUT2D eigenvalue weighted by Gasteiger charge is -2.09. The molecule has 2 aromatic carbocycles. The molecule has 0 spiro atoms. The zero-order valence-electron chi connectivity index (χ0n) is 15.8. The number of carbonyl (C=O) groups excluding carboxylic acids is 1. The van der Waals surface area contributed by atoms with Gasteiger partial charge in [-0.25, -0.2) is 10.2 Å². The molecule has 0 aliphatic rings. The van der Waals surface area contributed by atoms with Crippen molar-refractivity contribution in [2.24, 2.45) is 5.10 Å². The van der Waals surface area contributed by atoms with Crippen molar-refractivity contribution in [2.75, 3.05) is 11.9 Å². The topological polar surface area (TPSA) is 104 Å². The number of furan rings is 1. The number of nitrogens with one attached hydrogen (secondary N) is 2. The summed E-state index contributed by atoms with van der Waals surface area (Å²) in [5, 5.41) is 15.2. The van der Waals surface area contributed by atoms with E-state index >= 15 is 0 Å². The van der Waals surface area contributed by atoms with Gasteiger partial charge in [-0.05, 0) is 42.5 Å². The molecule has 0 aliphatic carbocycles. The molecule has 0 unspecified atom stereocenters. The summed E-state index contributed by atoms with van der Waals surface area (Å²) in [5.41, 5.74) is 2.39. The molecule has 3 aromatic rings. The molecule has 0 radical (unpaired) electrons. The van der Waals surface area contributed by atoms with E-state index in [1.165, 1.54) is 30.5 Å². The first kappa shape index (κ1) is 21.6. The first-order valence-corrected chi connectivity index (χ1v) is 8.89. The number of carbonyl (C=O) groups is 2. The van der Waals surface area contributed by atoms with E-state index in [2.05, 4.69) is 15.8 Å². The second-order valence-electron chi connectivity index (χ2n) is 6.31. The van der Waals surface area contributed by atoms with Crippen molar-refractivity contribution in [1.29, 1.82) is 0 Å². The Morgan fingerprint density at radius 3 is 2.48 bits per heavy atom. The summed E-state index contributed by atoms with van der Waals surface area (Å²) >= 11 is 0. The number of carboxylic acids is 1. The first-order chi connectivity index (χ1) is 14.7. The summed E-state index contributed by atoms with van der Waals surface area (Å²) < 4.78 is 43.6. The maximum atomic E-state index is 12.7. The van der Waals surface area contributed by atoms with Crippen LogP contribution in [0.3, 0.4) is 0 Å². The van der Waals surface area contributed by atoms with Gasteiger partial charge in [0.05, 0.1) is 23.9 Å². The van der Waals surface area contributed by atoms with E-state index in [0.29, 0.717) is 17.1 Å². The summed E-state index contributed by atoms with van der Waals surface area (Å²) in [4.78, 5) is 22.7. The Morgan fingerprint density at radius 1 is 1.06 bits per heavy atom. The number of amides is 1. The molecule has 3 rings (SSSR count). The number of hydrazone groups is 1. The number of halogens is 3. The van der Waals surface area contributed by atoms with Crippen LogP contribution in [0.25, 0.3) is 11.3 Å². The molecule has 1 aromatic heterocycles. The van der Waals surface area contributed by atoms with Crippen LogP contribution in [0, 0.1) is 0 Å². The zero-order valence-corrected chi connectivity index (χ0v) is 15.8. The number of hydrogen-bond acceptors (Lipinski definition) is 5. The fourth-order valence-electron chi connectivity index (χ4n) is 2.55. The normalized spacial score (nSPS) is 11.5. The van der Waals surface area contributed by atoms with E-state index in [0.717, 1.165) is 12.1 Å². The summed E-state index contributed by atoms with van der Waals surface area (Å²) in [5.74, 6) is -0.777. The fourth-order valence-corrected chi connectivity index (χ4v) is 2.55. The van der Waals surface area contributed by atoms with Gasteiger partial charge in [0.2, 0.25) is 0 Å².